The Morgan fingerprint density at radius 1 is 0.432 bits per heavy atom. The monoisotopic (exact) mass is 1290 g/mol. The molecule has 6 saturated heterocycles. The molecular formula is C46H72INO33. The molecule has 21 N–H and O–H groups in total. The number of phenolic OH excluding ortho intramolecular Hbond substituents is 1. The highest BCUT2D eigenvalue weighted by molar-refractivity contribution is 14.1. The molecule has 30 atom stereocenters. The van der Waals surface area contributed by atoms with Crippen molar-refractivity contribution in [2.24, 2.45) is 0 Å². The van der Waals surface area contributed by atoms with E-state index in [1.54, 1.807) is 6.07 Å². The summed E-state index contributed by atoms with van der Waals surface area (Å²) >= 11 is 1.95. The van der Waals surface area contributed by atoms with Crippen LogP contribution in [0, 0.1) is 3.57 Å². The van der Waals surface area contributed by atoms with Gasteiger partial charge in [0.2, 0.25) is 0 Å². The zero-order chi connectivity index (χ0) is 59.3. The largest absolute Gasteiger partial charge is 0.507 e. The molecule has 0 unspecified atom stereocenters. The van der Waals surface area contributed by atoms with Crippen molar-refractivity contribution in [2.75, 3.05) is 52.8 Å². The molecule has 0 aliphatic carbocycles. The number of hydrogen-bond donors (Lipinski definition) is 21. The first-order valence-electron chi connectivity index (χ1n) is 25.6. The van der Waals surface area contributed by atoms with Crippen molar-refractivity contribution < 1.29 is 164 Å². The van der Waals surface area contributed by atoms with E-state index in [1.165, 1.54) is 12.1 Å². The van der Waals surface area contributed by atoms with Crippen LogP contribution in [0.5, 0.6) is 5.75 Å². The third-order valence-corrected chi connectivity index (χ3v) is 15.1. The van der Waals surface area contributed by atoms with Gasteiger partial charge < -0.3 is 164 Å². The quantitative estimate of drug-likeness (QED) is 0.0379. The van der Waals surface area contributed by atoms with Crippen LogP contribution in [-0.2, 0) is 56.8 Å². The highest BCUT2D eigenvalue weighted by Gasteiger charge is 2.55. The van der Waals surface area contributed by atoms with E-state index in [4.69, 9.17) is 56.8 Å². The SMILES string of the molecule is O=C(NCCCO[C@@H]1O[C@H](CO[C@@H]2O[C@H](CO[C@@H]3O[C@H](CO[C@@H]4O[C@H](CO)[C@@H](O)[C@H](O)[C@H]4O)[C@@H](O)[C@H](O[C@@H]4O[C@H](CO)[C@@H](O)[C@H](O)[C@H]4O)[C@H]3O)[C@@H](O)[C@H](O)[C@H]2O)[C@@H](O)[C@H](O[C@@H]2O[C@H](CO)[C@@H](O)[C@H](O)[C@H]2O)[C@H]1O)c1ccc([125I])cc1O. The van der Waals surface area contributed by atoms with E-state index in [0.717, 1.165) is 0 Å². The number of amides is 1. The molecular weight excluding hydrogens is 1220 g/mol. The highest BCUT2D eigenvalue weighted by Crippen LogP contribution is 2.34. The van der Waals surface area contributed by atoms with Crippen molar-refractivity contribution in [3.05, 3.63) is 27.3 Å². The lowest BCUT2D eigenvalue weighted by Crippen LogP contribution is -2.66. The summed E-state index contributed by atoms with van der Waals surface area (Å²) in [5.74, 6) is -0.886. The van der Waals surface area contributed by atoms with E-state index in [9.17, 15) is 107 Å². The number of carbonyl (C=O) groups is 1. The van der Waals surface area contributed by atoms with Gasteiger partial charge in [-0.05, 0) is 47.2 Å². The summed E-state index contributed by atoms with van der Waals surface area (Å²) < 4.78 is 68.5. The zero-order valence-electron chi connectivity index (χ0n) is 42.5. The number of carbonyl (C=O) groups excluding carboxylic acids is 1. The molecule has 0 aromatic heterocycles. The van der Waals surface area contributed by atoms with Gasteiger partial charge in [0, 0.05) is 10.1 Å². The summed E-state index contributed by atoms with van der Waals surface area (Å²) in [4.78, 5) is 12.7. The Hall–Kier alpha value is -2.02. The fourth-order valence-electron chi connectivity index (χ4n) is 9.58. The van der Waals surface area contributed by atoms with Gasteiger partial charge in [-0.25, -0.2) is 0 Å². The number of aromatic hydroxyl groups is 1. The maximum absolute atomic E-state index is 12.7. The summed E-state index contributed by atoms with van der Waals surface area (Å²) in [5.41, 5.74) is -0.0104. The number of phenols is 1. The lowest BCUT2D eigenvalue weighted by Gasteiger charge is -2.47. The number of ether oxygens (including phenoxy) is 12. The Kier molecular flexibility index (Phi) is 24.3. The number of nitrogens with one attached hydrogen (secondary N) is 1. The summed E-state index contributed by atoms with van der Waals surface area (Å²) in [6.45, 7) is -5.49. The van der Waals surface area contributed by atoms with Gasteiger partial charge in [0.25, 0.3) is 5.91 Å². The zero-order valence-corrected chi connectivity index (χ0v) is 44.7. The number of benzene rings is 1. The molecule has 1 aromatic rings. The Labute approximate surface area is 472 Å². The topological polar surface area (TPSA) is 544 Å². The van der Waals surface area contributed by atoms with Crippen LogP contribution >= 0.6 is 22.6 Å². The highest BCUT2D eigenvalue weighted by atomic mass is 125. The molecule has 7 rings (SSSR count). The van der Waals surface area contributed by atoms with Gasteiger partial charge in [-0.15, -0.1) is 0 Å². The number of aliphatic hydroxyl groups excluding tert-OH is 19. The third-order valence-electron chi connectivity index (χ3n) is 14.4. The normalized spacial score (nSPS) is 46.1. The Bertz CT molecular complexity index is 2110. The molecule has 35 heteroatoms. The van der Waals surface area contributed by atoms with E-state index in [-0.39, 0.29) is 30.9 Å². The van der Waals surface area contributed by atoms with E-state index in [2.05, 4.69) is 5.32 Å². The van der Waals surface area contributed by atoms with Crippen LogP contribution in [0.4, 0.5) is 0 Å². The van der Waals surface area contributed by atoms with Crippen molar-refractivity contribution in [1.82, 2.24) is 5.32 Å². The molecule has 81 heavy (non-hydrogen) atoms. The van der Waals surface area contributed by atoms with Crippen molar-refractivity contribution >= 4 is 28.5 Å². The average molecular weight is 1290 g/mol. The van der Waals surface area contributed by atoms with Crippen LogP contribution in [0.2, 0.25) is 0 Å². The second-order valence-electron chi connectivity index (χ2n) is 20.0. The molecule has 6 fully saturated rings. The minimum atomic E-state index is -2.14. The standard InChI is InChI=1S/C46H72INO33/c47-13-2-3-14(15(52)6-13)40(69)48-4-1-5-70-43-36(67)38(80-45-34(65)29(60)23(54)17(8-50)75-45)26(57)20(78-43)11-72-42-33(64)31(62)25(56)19(77-42)10-73-44-37(68)39(81-46-35(66)30(61)24(55)18(9-51)76-46)27(58)21(79-44)12-71-41-32(63)28(59)22(53)16(7-49)74-41/h2-3,6,16-39,41-46,49-68H,1,4-5,7-12H2,(H,48,69)/t16-,17-,18-,19-,20-,21-,22-,23-,24-,25-,26-,27-,28+,29+,30+,31+,32-,33-,34-,35-,36-,37-,38+,39+,41-,42-,43-,44-,45+,46+/m1/s1/i47-2. The molecule has 1 aromatic carbocycles. The molecule has 0 radical (unpaired) electrons. The summed E-state index contributed by atoms with van der Waals surface area (Å²) in [7, 11) is 0. The molecule has 1 amide bonds. The predicted molar refractivity (Wildman–Crippen MR) is 261 cm³/mol. The minimum Gasteiger partial charge on any atom is -0.507 e. The second-order valence-corrected chi connectivity index (χ2v) is 21.2. The maximum Gasteiger partial charge on any atom is 0.255 e. The van der Waals surface area contributed by atoms with Crippen LogP contribution in [0.15, 0.2) is 18.2 Å². The van der Waals surface area contributed by atoms with Crippen LogP contribution < -0.4 is 5.32 Å². The number of halogens is 1. The fraction of sp³-hybridized carbons (Fsp3) is 0.848. The van der Waals surface area contributed by atoms with Gasteiger partial charge in [0.1, 0.15) is 152 Å². The second kappa shape index (κ2) is 29.6. The Balaban J connectivity index is 1.03. The first-order valence-corrected chi connectivity index (χ1v) is 26.7. The molecule has 0 spiro atoms. The van der Waals surface area contributed by atoms with E-state index in [1.807, 2.05) is 22.6 Å². The van der Waals surface area contributed by atoms with Gasteiger partial charge in [0.15, 0.2) is 37.7 Å². The number of aliphatic hydroxyl groups is 19. The summed E-state index contributed by atoms with van der Waals surface area (Å²) in [6.07, 6.45) is -56.4. The lowest BCUT2D eigenvalue weighted by atomic mass is 9.96. The van der Waals surface area contributed by atoms with Gasteiger partial charge in [-0.3, -0.25) is 4.79 Å². The smallest absolute Gasteiger partial charge is 0.255 e. The molecule has 0 bridgehead atoms. The van der Waals surface area contributed by atoms with Gasteiger partial charge in [-0.1, -0.05) is 0 Å². The Morgan fingerprint density at radius 2 is 0.765 bits per heavy atom. The third kappa shape index (κ3) is 15.2. The van der Waals surface area contributed by atoms with E-state index < -0.39 is 230 Å². The lowest BCUT2D eigenvalue weighted by molar-refractivity contribution is -0.373. The van der Waals surface area contributed by atoms with Crippen LogP contribution in [0.1, 0.15) is 16.8 Å². The van der Waals surface area contributed by atoms with Gasteiger partial charge in [0.05, 0.1) is 51.8 Å². The molecule has 0 saturated carbocycles. The minimum absolute atomic E-state index is 0.0104. The molecule has 6 heterocycles. The maximum atomic E-state index is 12.7. The molecule has 6 aliphatic heterocycles. The predicted octanol–water partition coefficient (Wildman–Crippen LogP) is -11.9. The van der Waals surface area contributed by atoms with Crippen molar-refractivity contribution in [2.45, 2.75) is 191 Å². The summed E-state index contributed by atoms with van der Waals surface area (Å²) in [5, 5.41) is 215. The van der Waals surface area contributed by atoms with Crippen molar-refractivity contribution in [3.63, 3.8) is 0 Å². The first kappa shape index (κ1) is 66.5. The molecule has 466 valence electrons. The molecule has 6 aliphatic rings. The Morgan fingerprint density at radius 3 is 1.16 bits per heavy atom. The van der Waals surface area contributed by atoms with E-state index >= 15 is 0 Å². The van der Waals surface area contributed by atoms with E-state index in [0.29, 0.717) is 3.57 Å². The molecule has 34 nitrogen and oxygen atoms in total. The van der Waals surface area contributed by atoms with Gasteiger partial charge in [-0.2, -0.15) is 0 Å². The van der Waals surface area contributed by atoms with Gasteiger partial charge >= 0.3 is 0 Å². The average Bonchev–Trinajstić information content (AvgIpc) is 3.47. The summed E-state index contributed by atoms with van der Waals surface area (Å²) in [6, 6.07) is 4.40. The number of rotatable bonds is 22. The number of hydrogen-bond acceptors (Lipinski definition) is 33. The van der Waals surface area contributed by atoms with Crippen molar-refractivity contribution in [1.29, 1.82) is 0 Å². The first-order chi connectivity index (χ1) is 38.4. The van der Waals surface area contributed by atoms with Crippen LogP contribution in [0.3, 0.4) is 0 Å². The van der Waals surface area contributed by atoms with Crippen LogP contribution in [-0.4, -0.2) is 345 Å². The fourth-order valence-corrected chi connectivity index (χ4v) is 10.1. The van der Waals surface area contributed by atoms with Crippen LogP contribution in [0.25, 0.3) is 0 Å². The van der Waals surface area contributed by atoms with Crippen molar-refractivity contribution in [3.8, 4) is 5.75 Å².